The third kappa shape index (κ3) is 3.34. The zero-order valence-corrected chi connectivity index (χ0v) is 13.2. The van der Waals surface area contributed by atoms with Crippen LogP contribution in [0.1, 0.15) is 29.8 Å². The highest BCUT2D eigenvalue weighted by Crippen LogP contribution is 2.35. The molecule has 3 nitrogen and oxygen atoms in total. The highest BCUT2D eigenvalue weighted by atomic mass is 16.5. The number of ketones is 1. The molecule has 2 aromatic rings. The first-order valence-electron chi connectivity index (χ1n) is 7.62. The van der Waals surface area contributed by atoms with Crippen molar-refractivity contribution in [2.75, 3.05) is 6.61 Å². The van der Waals surface area contributed by atoms with Crippen LogP contribution in [0.3, 0.4) is 0 Å². The minimum Gasteiger partial charge on any atom is -0.494 e. The lowest BCUT2D eigenvalue weighted by Crippen LogP contribution is -2.05. The van der Waals surface area contributed by atoms with E-state index in [1.807, 2.05) is 56.3 Å². The average molecular weight is 306 g/mol. The van der Waals surface area contributed by atoms with E-state index < -0.39 is 0 Å². The maximum absolute atomic E-state index is 12.3. The van der Waals surface area contributed by atoms with Gasteiger partial charge in [0.2, 0.25) is 0 Å². The molecule has 2 aromatic carbocycles. The monoisotopic (exact) mass is 306 g/mol. The third-order valence-corrected chi connectivity index (χ3v) is 3.61. The first-order chi connectivity index (χ1) is 11.2. The van der Waals surface area contributed by atoms with Crippen molar-refractivity contribution >= 4 is 11.4 Å². The van der Waals surface area contributed by atoms with Crippen LogP contribution < -0.4 is 9.47 Å². The highest BCUT2D eigenvalue weighted by Gasteiger charge is 2.16. The van der Waals surface area contributed by atoms with Gasteiger partial charge >= 0.3 is 0 Å². The zero-order chi connectivity index (χ0) is 16.2. The first kappa shape index (κ1) is 15.1. The Bertz CT molecular complexity index is 786. The number of benzene rings is 2. The summed E-state index contributed by atoms with van der Waals surface area (Å²) in [6, 6.07) is 14.9. The molecule has 0 radical (unpaired) electrons. The molecule has 0 aromatic heterocycles. The fraction of sp³-hybridized carbons (Fsp3) is 0.150. The molecule has 0 bridgehead atoms. The van der Waals surface area contributed by atoms with Crippen LogP contribution in [0, 0.1) is 0 Å². The van der Waals surface area contributed by atoms with Crippen LogP contribution in [0.2, 0.25) is 0 Å². The fourth-order valence-electron chi connectivity index (χ4n) is 2.50. The summed E-state index contributed by atoms with van der Waals surface area (Å²) in [5, 5.41) is 0. The first-order valence-corrected chi connectivity index (χ1v) is 7.62. The standard InChI is InChI=1S/C20H18O3/c1-3-22-16-9-10-18-14(2)11-17(23-20(18)13-16)12-19(21)15-7-5-4-6-8-15/h4-13H,3H2,1-2H3/b17-12-. The van der Waals surface area contributed by atoms with Crippen LogP contribution in [0.25, 0.3) is 5.57 Å². The highest BCUT2D eigenvalue weighted by molar-refractivity contribution is 6.05. The van der Waals surface area contributed by atoms with Gasteiger partial charge in [-0.2, -0.15) is 0 Å². The molecular formula is C20H18O3. The number of ether oxygens (including phenoxy) is 2. The number of fused-ring (bicyclic) bond motifs is 1. The molecule has 0 saturated carbocycles. The Kier molecular flexibility index (Phi) is 4.29. The van der Waals surface area contributed by atoms with Gasteiger partial charge in [-0.05, 0) is 37.6 Å². The molecule has 0 fully saturated rings. The summed E-state index contributed by atoms with van der Waals surface area (Å²) >= 11 is 0. The number of allylic oxidation sites excluding steroid dienone is 3. The molecule has 3 heteroatoms. The van der Waals surface area contributed by atoms with Crippen LogP contribution in [0.4, 0.5) is 0 Å². The Morgan fingerprint density at radius 1 is 1.17 bits per heavy atom. The summed E-state index contributed by atoms with van der Waals surface area (Å²) in [6.07, 6.45) is 3.40. The van der Waals surface area contributed by atoms with E-state index in [1.54, 1.807) is 12.1 Å². The van der Waals surface area contributed by atoms with Crippen LogP contribution in [0.5, 0.6) is 11.5 Å². The number of carbonyl (C=O) groups excluding carboxylic acids is 1. The van der Waals surface area contributed by atoms with E-state index in [9.17, 15) is 4.79 Å². The van der Waals surface area contributed by atoms with E-state index in [1.165, 1.54) is 6.08 Å². The summed E-state index contributed by atoms with van der Waals surface area (Å²) in [7, 11) is 0. The van der Waals surface area contributed by atoms with Gasteiger partial charge in [0.15, 0.2) is 5.78 Å². The number of rotatable bonds is 4. The summed E-state index contributed by atoms with van der Waals surface area (Å²) in [4.78, 5) is 12.3. The number of hydrogen-bond donors (Lipinski definition) is 0. The molecule has 0 aliphatic carbocycles. The molecule has 3 rings (SSSR count). The smallest absolute Gasteiger partial charge is 0.189 e. The van der Waals surface area contributed by atoms with Crippen molar-refractivity contribution < 1.29 is 14.3 Å². The molecule has 1 heterocycles. The van der Waals surface area contributed by atoms with Gasteiger partial charge in [0.1, 0.15) is 17.3 Å². The lowest BCUT2D eigenvalue weighted by atomic mass is 10.0. The van der Waals surface area contributed by atoms with E-state index in [0.29, 0.717) is 23.7 Å². The lowest BCUT2D eigenvalue weighted by molar-refractivity contribution is 0.104. The maximum Gasteiger partial charge on any atom is 0.189 e. The summed E-state index contributed by atoms with van der Waals surface area (Å²) in [5.74, 6) is 1.93. The van der Waals surface area contributed by atoms with Crippen molar-refractivity contribution in [3.05, 3.63) is 77.6 Å². The second kappa shape index (κ2) is 6.53. The average Bonchev–Trinajstić information content (AvgIpc) is 2.55. The SMILES string of the molecule is CCOc1ccc2c(c1)O/C(=C\C(=O)c1ccccc1)C=C2C. The lowest BCUT2D eigenvalue weighted by Gasteiger charge is -2.19. The molecule has 0 unspecified atom stereocenters. The molecule has 0 saturated heterocycles. The molecule has 0 atom stereocenters. The molecule has 0 spiro atoms. The summed E-state index contributed by atoms with van der Waals surface area (Å²) in [5.41, 5.74) is 2.71. The second-order valence-electron chi connectivity index (χ2n) is 5.30. The van der Waals surface area contributed by atoms with Crippen molar-refractivity contribution in [1.29, 1.82) is 0 Å². The summed E-state index contributed by atoms with van der Waals surface area (Å²) < 4.78 is 11.4. The van der Waals surface area contributed by atoms with Gasteiger partial charge in [-0.15, -0.1) is 0 Å². The van der Waals surface area contributed by atoms with Gasteiger partial charge in [-0.1, -0.05) is 30.3 Å². The minimum absolute atomic E-state index is 0.0749. The van der Waals surface area contributed by atoms with Crippen LogP contribution in [-0.4, -0.2) is 12.4 Å². The molecule has 1 aliphatic heterocycles. The minimum atomic E-state index is -0.0749. The number of hydrogen-bond acceptors (Lipinski definition) is 3. The Morgan fingerprint density at radius 3 is 2.70 bits per heavy atom. The third-order valence-electron chi connectivity index (χ3n) is 3.61. The van der Waals surface area contributed by atoms with Gasteiger partial charge in [-0.3, -0.25) is 4.79 Å². The Labute approximate surface area is 135 Å². The number of carbonyl (C=O) groups is 1. The fourth-order valence-corrected chi connectivity index (χ4v) is 2.50. The molecular weight excluding hydrogens is 288 g/mol. The quantitative estimate of drug-likeness (QED) is 0.609. The topological polar surface area (TPSA) is 35.5 Å². The predicted molar refractivity (Wildman–Crippen MR) is 90.7 cm³/mol. The molecule has 1 aliphatic rings. The molecule has 23 heavy (non-hydrogen) atoms. The van der Waals surface area contributed by atoms with Crippen LogP contribution in [-0.2, 0) is 0 Å². The normalized spacial score (nSPS) is 14.7. The van der Waals surface area contributed by atoms with Crippen LogP contribution >= 0.6 is 0 Å². The van der Waals surface area contributed by atoms with Crippen LogP contribution in [0.15, 0.2) is 66.4 Å². The maximum atomic E-state index is 12.3. The summed E-state index contributed by atoms with van der Waals surface area (Å²) in [6.45, 7) is 4.54. The van der Waals surface area contributed by atoms with Crippen molar-refractivity contribution in [1.82, 2.24) is 0 Å². The van der Waals surface area contributed by atoms with Crippen molar-refractivity contribution in [2.45, 2.75) is 13.8 Å². The van der Waals surface area contributed by atoms with Crippen molar-refractivity contribution in [3.63, 3.8) is 0 Å². The Morgan fingerprint density at radius 2 is 1.96 bits per heavy atom. The Balaban J connectivity index is 1.90. The van der Waals surface area contributed by atoms with Gasteiger partial charge in [0, 0.05) is 23.3 Å². The van der Waals surface area contributed by atoms with Crippen molar-refractivity contribution in [3.8, 4) is 11.5 Å². The van der Waals surface area contributed by atoms with Crippen molar-refractivity contribution in [2.24, 2.45) is 0 Å². The van der Waals surface area contributed by atoms with Gasteiger partial charge in [0.25, 0.3) is 0 Å². The molecule has 116 valence electrons. The van der Waals surface area contributed by atoms with E-state index >= 15 is 0 Å². The van der Waals surface area contributed by atoms with E-state index in [0.717, 1.165) is 16.9 Å². The predicted octanol–water partition coefficient (Wildman–Crippen LogP) is 4.65. The molecule has 0 amide bonds. The zero-order valence-electron chi connectivity index (χ0n) is 13.2. The van der Waals surface area contributed by atoms with E-state index in [2.05, 4.69) is 0 Å². The second-order valence-corrected chi connectivity index (χ2v) is 5.30. The Hall–Kier alpha value is -2.81. The van der Waals surface area contributed by atoms with E-state index in [4.69, 9.17) is 9.47 Å². The van der Waals surface area contributed by atoms with Gasteiger partial charge < -0.3 is 9.47 Å². The molecule has 0 N–H and O–H groups in total. The van der Waals surface area contributed by atoms with E-state index in [-0.39, 0.29) is 5.78 Å². The van der Waals surface area contributed by atoms with Gasteiger partial charge in [-0.25, -0.2) is 0 Å². The van der Waals surface area contributed by atoms with Gasteiger partial charge in [0.05, 0.1) is 6.61 Å². The largest absolute Gasteiger partial charge is 0.494 e.